The van der Waals surface area contributed by atoms with Gasteiger partial charge in [-0.25, -0.2) is 9.59 Å². The number of unbranched alkanes of at least 4 members (excludes halogenated alkanes) is 3. The number of esters is 2. The summed E-state index contributed by atoms with van der Waals surface area (Å²) < 4.78 is 14.9. The lowest BCUT2D eigenvalue weighted by Gasteiger charge is -2.07. The molecule has 0 aliphatic heterocycles. The third kappa shape index (κ3) is 13.3. The van der Waals surface area contributed by atoms with E-state index in [0.29, 0.717) is 19.1 Å². The maximum absolute atomic E-state index is 11.3. The van der Waals surface area contributed by atoms with Crippen LogP contribution >= 0.6 is 0 Å². The molecule has 0 rings (SSSR count). The van der Waals surface area contributed by atoms with Crippen LogP contribution < -0.4 is 0 Å². The van der Waals surface area contributed by atoms with E-state index < -0.39 is 11.9 Å². The van der Waals surface area contributed by atoms with Crippen molar-refractivity contribution in [3.63, 3.8) is 0 Å². The third-order valence-electron chi connectivity index (χ3n) is 2.66. The Morgan fingerprint density at radius 3 is 2.05 bits per heavy atom. The van der Waals surface area contributed by atoms with E-state index in [1.165, 1.54) is 0 Å². The fourth-order valence-electron chi connectivity index (χ4n) is 1.42. The SMILES string of the molecule is CCCCCCOC(=O)COCC(=O)OCCC(C)C. The number of hydrogen-bond donors (Lipinski definition) is 0. The van der Waals surface area contributed by atoms with Gasteiger partial charge in [-0.2, -0.15) is 0 Å². The predicted octanol–water partition coefficient (Wildman–Crippen LogP) is 2.72. The second-order valence-corrected chi connectivity index (χ2v) is 5.18. The summed E-state index contributed by atoms with van der Waals surface area (Å²) >= 11 is 0. The van der Waals surface area contributed by atoms with E-state index in [4.69, 9.17) is 14.2 Å². The highest BCUT2D eigenvalue weighted by Gasteiger charge is 2.07. The predicted molar refractivity (Wildman–Crippen MR) is 76.3 cm³/mol. The standard InChI is InChI=1S/C15H28O5/c1-4-5-6-7-9-19-14(16)11-18-12-15(17)20-10-8-13(2)3/h13H,4-12H2,1-3H3. The third-order valence-corrected chi connectivity index (χ3v) is 2.66. The zero-order chi connectivity index (χ0) is 15.2. The zero-order valence-corrected chi connectivity index (χ0v) is 13.0. The molecule has 118 valence electrons. The van der Waals surface area contributed by atoms with Gasteiger partial charge in [0.05, 0.1) is 13.2 Å². The fourth-order valence-corrected chi connectivity index (χ4v) is 1.42. The van der Waals surface area contributed by atoms with Crippen LogP contribution in [-0.2, 0) is 23.8 Å². The highest BCUT2D eigenvalue weighted by molar-refractivity contribution is 5.73. The van der Waals surface area contributed by atoms with Crippen LogP contribution in [0.25, 0.3) is 0 Å². The van der Waals surface area contributed by atoms with E-state index in [1.54, 1.807) is 0 Å². The summed E-state index contributed by atoms with van der Waals surface area (Å²) in [5.74, 6) is -0.385. The molecular formula is C15H28O5. The van der Waals surface area contributed by atoms with E-state index in [0.717, 1.165) is 32.1 Å². The van der Waals surface area contributed by atoms with Crippen molar-refractivity contribution in [3.05, 3.63) is 0 Å². The molecule has 0 radical (unpaired) electrons. The molecular weight excluding hydrogens is 260 g/mol. The number of ether oxygens (including phenoxy) is 3. The van der Waals surface area contributed by atoms with E-state index in [2.05, 4.69) is 20.8 Å². The fraction of sp³-hybridized carbons (Fsp3) is 0.867. The van der Waals surface area contributed by atoms with Crippen molar-refractivity contribution in [3.8, 4) is 0 Å². The van der Waals surface area contributed by atoms with E-state index in [-0.39, 0.29) is 13.2 Å². The van der Waals surface area contributed by atoms with Gasteiger partial charge in [-0.1, -0.05) is 40.0 Å². The summed E-state index contributed by atoms with van der Waals surface area (Å²) in [6.07, 6.45) is 5.06. The van der Waals surface area contributed by atoms with Gasteiger partial charge in [0.15, 0.2) is 0 Å². The molecule has 0 heterocycles. The minimum atomic E-state index is -0.443. The van der Waals surface area contributed by atoms with Crippen LogP contribution in [0, 0.1) is 5.92 Å². The molecule has 0 N–H and O–H groups in total. The lowest BCUT2D eigenvalue weighted by atomic mass is 10.1. The molecule has 0 aromatic rings. The molecule has 5 nitrogen and oxygen atoms in total. The van der Waals surface area contributed by atoms with E-state index >= 15 is 0 Å². The summed E-state index contributed by atoms with van der Waals surface area (Å²) in [6.45, 7) is 6.64. The summed E-state index contributed by atoms with van der Waals surface area (Å²) in [5, 5.41) is 0. The number of rotatable bonds is 12. The quantitative estimate of drug-likeness (QED) is 0.408. The van der Waals surface area contributed by atoms with Gasteiger partial charge >= 0.3 is 11.9 Å². The monoisotopic (exact) mass is 288 g/mol. The van der Waals surface area contributed by atoms with Crippen molar-refractivity contribution < 1.29 is 23.8 Å². The van der Waals surface area contributed by atoms with Crippen LogP contribution in [0.2, 0.25) is 0 Å². The number of carbonyl (C=O) groups is 2. The van der Waals surface area contributed by atoms with Crippen LogP contribution in [0.3, 0.4) is 0 Å². The van der Waals surface area contributed by atoms with Crippen LogP contribution in [-0.4, -0.2) is 38.4 Å². The van der Waals surface area contributed by atoms with Crippen molar-refractivity contribution in [1.82, 2.24) is 0 Å². The molecule has 0 saturated carbocycles. The average Bonchev–Trinajstić information content (AvgIpc) is 2.38. The molecule has 0 aliphatic carbocycles. The molecule has 0 aromatic carbocycles. The Morgan fingerprint density at radius 1 is 0.900 bits per heavy atom. The normalized spacial score (nSPS) is 10.6. The Kier molecular flexibility index (Phi) is 12.2. The molecule has 0 aromatic heterocycles. The van der Waals surface area contributed by atoms with Gasteiger partial charge in [0.25, 0.3) is 0 Å². The maximum Gasteiger partial charge on any atom is 0.332 e. The van der Waals surface area contributed by atoms with E-state index in [1.807, 2.05) is 0 Å². The lowest BCUT2D eigenvalue weighted by Crippen LogP contribution is -2.19. The Morgan fingerprint density at radius 2 is 1.50 bits per heavy atom. The minimum absolute atomic E-state index is 0.201. The molecule has 0 spiro atoms. The zero-order valence-electron chi connectivity index (χ0n) is 13.0. The first kappa shape index (κ1) is 18.9. The number of hydrogen-bond acceptors (Lipinski definition) is 5. The Hall–Kier alpha value is -1.10. The topological polar surface area (TPSA) is 61.8 Å². The minimum Gasteiger partial charge on any atom is -0.464 e. The van der Waals surface area contributed by atoms with Crippen LogP contribution in [0.4, 0.5) is 0 Å². The molecule has 0 unspecified atom stereocenters. The lowest BCUT2D eigenvalue weighted by molar-refractivity contribution is -0.155. The van der Waals surface area contributed by atoms with Crippen molar-refractivity contribution in [2.45, 2.75) is 52.9 Å². The largest absolute Gasteiger partial charge is 0.464 e. The van der Waals surface area contributed by atoms with Gasteiger partial charge in [0, 0.05) is 0 Å². The molecule has 0 aliphatic rings. The van der Waals surface area contributed by atoms with Crippen molar-refractivity contribution in [1.29, 1.82) is 0 Å². The van der Waals surface area contributed by atoms with Crippen LogP contribution in [0.15, 0.2) is 0 Å². The first-order chi connectivity index (χ1) is 9.56. The van der Waals surface area contributed by atoms with Crippen molar-refractivity contribution in [2.75, 3.05) is 26.4 Å². The first-order valence-corrected chi connectivity index (χ1v) is 7.45. The smallest absolute Gasteiger partial charge is 0.332 e. The molecule has 0 atom stereocenters. The molecule has 0 amide bonds. The first-order valence-electron chi connectivity index (χ1n) is 7.45. The van der Waals surface area contributed by atoms with Crippen molar-refractivity contribution >= 4 is 11.9 Å². The van der Waals surface area contributed by atoms with Gasteiger partial charge in [-0.15, -0.1) is 0 Å². The molecule has 20 heavy (non-hydrogen) atoms. The number of carbonyl (C=O) groups excluding carboxylic acids is 2. The van der Waals surface area contributed by atoms with Gasteiger partial charge in [-0.3, -0.25) is 0 Å². The average molecular weight is 288 g/mol. The highest BCUT2D eigenvalue weighted by Crippen LogP contribution is 2.00. The second kappa shape index (κ2) is 12.9. The van der Waals surface area contributed by atoms with E-state index in [9.17, 15) is 9.59 Å². The van der Waals surface area contributed by atoms with Crippen LogP contribution in [0.1, 0.15) is 52.9 Å². The molecule has 5 heteroatoms. The summed E-state index contributed by atoms with van der Waals surface area (Å²) in [6, 6.07) is 0. The summed E-state index contributed by atoms with van der Waals surface area (Å²) in [4.78, 5) is 22.5. The summed E-state index contributed by atoms with van der Waals surface area (Å²) in [7, 11) is 0. The van der Waals surface area contributed by atoms with Gasteiger partial charge in [0.2, 0.25) is 0 Å². The summed E-state index contributed by atoms with van der Waals surface area (Å²) in [5.41, 5.74) is 0. The molecule has 0 fully saturated rings. The van der Waals surface area contributed by atoms with Crippen LogP contribution in [0.5, 0.6) is 0 Å². The Labute approximate surface area is 122 Å². The maximum atomic E-state index is 11.3. The second-order valence-electron chi connectivity index (χ2n) is 5.18. The van der Waals surface area contributed by atoms with Gasteiger partial charge in [0.1, 0.15) is 13.2 Å². The Bertz CT molecular complexity index is 263. The van der Waals surface area contributed by atoms with Gasteiger partial charge in [-0.05, 0) is 18.8 Å². The van der Waals surface area contributed by atoms with Crippen molar-refractivity contribution in [2.24, 2.45) is 5.92 Å². The Balaban J connectivity index is 3.39. The molecule has 0 saturated heterocycles. The highest BCUT2D eigenvalue weighted by atomic mass is 16.6. The molecule has 0 bridgehead atoms. The van der Waals surface area contributed by atoms with Gasteiger partial charge < -0.3 is 14.2 Å².